The molecule has 1 saturated heterocycles. The molecule has 0 aromatic heterocycles. The van der Waals surface area contributed by atoms with E-state index in [0.717, 1.165) is 32.2 Å². The summed E-state index contributed by atoms with van der Waals surface area (Å²) in [5, 5.41) is 0. The van der Waals surface area contributed by atoms with Gasteiger partial charge in [0.15, 0.2) is 11.6 Å². The Balaban J connectivity index is 1.48. The smallest absolute Gasteiger partial charge is 0.240 e. The maximum atomic E-state index is 13.7. The monoisotopic (exact) mass is 393 g/mol. The van der Waals surface area contributed by atoms with Crippen molar-refractivity contribution >= 4 is 15.7 Å². The predicted octanol–water partition coefficient (Wildman–Crippen LogP) is 1.93. The average molecular weight is 393 g/mol. The van der Waals surface area contributed by atoms with Crippen molar-refractivity contribution in [2.24, 2.45) is 0 Å². The molecule has 146 valence electrons. The Labute approximate surface area is 159 Å². The van der Waals surface area contributed by atoms with Gasteiger partial charge in [-0.25, -0.2) is 17.5 Å². The summed E-state index contributed by atoms with van der Waals surface area (Å²) >= 11 is 0. The molecule has 0 radical (unpaired) electrons. The number of anilines is 1. The number of piperazine rings is 1. The Morgan fingerprint density at radius 1 is 1.07 bits per heavy atom. The van der Waals surface area contributed by atoms with E-state index in [4.69, 9.17) is 4.74 Å². The van der Waals surface area contributed by atoms with Gasteiger partial charge in [0, 0.05) is 45.0 Å². The van der Waals surface area contributed by atoms with Crippen molar-refractivity contribution in [2.45, 2.75) is 4.90 Å². The van der Waals surface area contributed by atoms with Gasteiger partial charge in [-0.1, -0.05) is 18.2 Å². The Morgan fingerprint density at radius 2 is 1.78 bits per heavy atom. The number of nitrogens with one attached hydrogen (secondary N) is 1. The molecule has 1 heterocycles. The number of hydrogen-bond donors (Lipinski definition) is 1. The molecule has 8 heteroatoms. The molecule has 1 fully saturated rings. The summed E-state index contributed by atoms with van der Waals surface area (Å²) in [6.07, 6.45) is 0. The van der Waals surface area contributed by atoms with Crippen LogP contribution in [0.15, 0.2) is 53.4 Å². The first kappa shape index (κ1) is 19.6. The molecule has 1 N–H and O–H groups in total. The van der Waals surface area contributed by atoms with Gasteiger partial charge >= 0.3 is 0 Å². The molecule has 0 spiro atoms. The maximum Gasteiger partial charge on any atom is 0.240 e. The Bertz CT molecular complexity index is 854. The minimum absolute atomic E-state index is 0.0187. The van der Waals surface area contributed by atoms with Gasteiger partial charge in [-0.2, -0.15) is 0 Å². The quantitative estimate of drug-likeness (QED) is 0.779. The lowest BCUT2D eigenvalue weighted by Crippen LogP contribution is -2.48. The number of methoxy groups -OCH3 is 1. The molecule has 1 aliphatic rings. The fourth-order valence-electron chi connectivity index (χ4n) is 3.10. The Kier molecular flexibility index (Phi) is 6.30. The highest BCUT2D eigenvalue weighted by molar-refractivity contribution is 7.89. The van der Waals surface area contributed by atoms with E-state index in [9.17, 15) is 12.8 Å². The van der Waals surface area contributed by atoms with Crippen molar-refractivity contribution in [3.8, 4) is 5.75 Å². The third-order valence-electron chi connectivity index (χ3n) is 4.65. The molecule has 0 saturated carbocycles. The maximum absolute atomic E-state index is 13.7. The average Bonchev–Trinajstić information content (AvgIpc) is 2.69. The van der Waals surface area contributed by atoms with E-state index in [1.165, 1.54) is 24.9 Å². The second kappa shape index (κ2) is 8.69. The van der Waals surface area contributed by atoms with Gasteiger partial charge in [0.25, 0.3) is 0 Å². The van der Waals surface area contributed by atoms with Crippen LogP contribution in [0.25, 0.3) is 0 Å². The minimum Gasteiger partial charge on any atom is -0.494 e. The number of halogens is 1. The molecule has 0 unspecified atom stereocenters. The number of ether oxygens (including phenoxy) is 1. The standard InChI is InChI=1S/C19H24FN3O3S/c1-26-19-8-7-17(15-18(19)20)27(24,25)21-9-10-22-11-13-23(14-12-22)16-5-3-2-4-6-16/h2-8,15,21H,9-14H2,1H3. The van der Waals surface area contributed by atoms with Crippen LogP contribution < -0.4 is 14.4 Å². The van der Waals surface area contributed by atoms with E-state index < -0.39 is 15.8 Å². The molecule has 0 aliphatic carbocycles. The van der Waals surface area contributed by atoms with Crippen molar-refractivity contribution in [2.75, 3.05) is 51.3 Å². The van der Waals surface area contributed by atoms with E-state index in [1.54, 1.807) is 0 Å². The topological polar surface area (TPSA) is 61.9 Å². The van der Waals surface area contributed by atoms with Crippen molar-refractivity contribution in [1.82, 2.24) is 9.62 Å². The van der Waals surface area contributed by atoms with Crippen molar-refractivity contribution in [1.29, 1.82) is 0 Å². The first-order valence-electron chi connectivity index (χ1n) is 8.85. The van der Waals surface area contributed by atoms with Crippen LogP contribution in [0.1, 0.15) is 0 Å². The summed E-state index contributed by atoms with van der Waals surface area (Å²) in [5.41, 5.74) is 1.21. The molecule has 0 amide bonds. The number of sulfonamides is 1. The summed E-state index contributed by atoms with van der Waals surface area (Å²) in [5.74, 6) is -0.678. The molecule has 0 atom stereocenters. The first-order chi connectivity index (χ1) is 13.0. The lowest BCUT2D eigenvalue weighted by Gasteiger charge is -2.36. The van der Waals surface area contributed by atoms with E-state index in [1.807, 2.05) is 18.2 Å². The fourth-order valence-corrected chi connectivity index (χ4v) is 4.14. The van der Waals surface area contributed by atoms with Crippen LogP contribution in [0, 0.1) is 5.82 Å². The number of para-hydroxylation sites is 1. The SMILES string of the molecule is COc1ccc(S(=O)(=O)NCCN2CCN(c3ccccc3)CC2)cc1F. The highest BCUT2D eigenvalue weighted by Gasteiger charge is 2.19. The Hall–Kier alpha value is -2.16. The fraction of sp³-hybridized carbons (Fsp3) is 0.368. The van der Waals surface area contributed by atoms with Crippen LogP contribution in [-0.2, 0) is 10.0 Å². The van der Waals surface area contributed by atoms with Gasteiger partial charge in [-0.05, 0) is 30.3 Å². The van der Waals surface area contributed by atoms with E-state index in [2.05, 4.69) is 26.7 Å². The molecule has 27 heavy (non-hydrogen) atoms. The number of hydrogen-bond acceptors (Lipinski definition) is 5. The van der Waals surface area contributed by atoms with Gasteiger partial charge in [0.2, 0.25) is 10.0 Å². The van der Waals surface area contributed by atoms with Crippen LogP contribution in [0.4, 0.5) is 10.1 Å². The first-order valence-corrected chi connectivity index (χ1v) is 10.3. The number of nitrogens with zero attached hydrogens (tertiary/aromatic N) is 2. The van der Waals surface area contributed by atoms with Crippen molar-refractivity contribution in [3.05, 3.63) is 54.3 Å². The highest BCUT2D eigenvalue weighted by atomic mass is 32.2. The lowest BCUT2D eigenvalue weighted by molar-refractivity contribution is 0.262. The van der Waals surface area contributed by atoms with Crippen LogP contribution in [0.2, 0.25) is 0 Å². The van der Waals surface area contributed by atoms with Crippen LogP contribution in [0.5, 0.6) is 5.75 Å². The van der Waals surface area contributed by atoms with Crippen LogP contribution >= 0.6 is 0 Å². The summed E-state index contributed by atoms with van der Waals surface area (Å²) < 4.78 is 45.7. The van der Waals surface area contributed by atoms with Gasteiger partial charge in [0.05, 0.1) is 12.0 Å². The summed E-state index contributed by atoms with van der Waals surface area (Å²) in [6.45, 7) is 4.43. The van der Waals surface area contributed by atoms with E-state index in [0.29, 0.717) is 6.54 Å². The number of benzene rings is 2. The van der Waals surface area contributed by atoms with Crippen LogP contribution in [0.3, 0.4) is 0 Å². The summed E-state index contributed by atoms with van der Waals surface area (Å²) in [6, 6.07) is 13.9. The molecule has 0 bridgehead atoms. The minimum atomic E-state index is -3.74. The lowest BCUT2D eigenvalue weighted by atomic mass is 10.2. The Morgan fingerprint density at radius 3 is 2.41 bits per heavy atom. The predicted molar refractivity (Wildman–Crippen MR) is 103 cm³/mol. The van der Waals surface area contributed by atoms with Crippen molar-refractivity contribution in [3.63, 3.8) is 0 Å². The molecule has 1 aliphatic heterocycles. The van der Waals surface area contributed by atoms with E-state index in [-0.39, 0.29) is 17.2 Å². The van der Waals surface area contributed by atoms with Gasteiger partial charge in [-0.15, -0.1) is 0 Å². The third-order valence-corrected chi connectivity index (χ3v) is 6.11. The second-order valence-corrected chi connectivity index (χ2v) is 8.13. The largest absolute Gasteiger partial charge is 0.494 e. The summed E-state index contributed by atoms with van der Waals surface area (Å²) in [7, 11) is -2.41. The molecule has 2 aromatic carbocycles. The van der Waals surface area contributed by atoms with E-state index >= 15 is 0 Å². The summed E-state index contributed by atoms with van der Waals surface area (Å²) in [4.78, 5) is 4.44. The highest BCUT2D eigenvalue weighted by Crippen LogP contribution is 2.20. The molecular weight excluding hydrogens is 369 g/mol. The van der Waals surface area contributed by atoms with Gasteiger partial charge < -0.3 is 9.64 Å². The zero-order chi connectivity index (χ0) is 19.3. The third kappa shape index (κ3) is 4.97. The zero-order valence-corrected chi connectivity index (χ0v) is 16.1. The number of rotatable bonds is 7. The van der Waals surface area contributed by atoms with Gasteiger partial charge in [0.1, 0.15) is 0 Å². The van der Waals surface area contributed by atoms with Gasteiger partial charge in [-0.3, -0.25) is 4.90 Å². The zero-order valence-electron chi connectivity index (χ0n) is 15.3. The molecule has 2 aromatic rings. The molecular formula is C19H24FN3O3S. The molecule has 6 nitrogen and oxygen atoms in total. The van der Waals surface area contributed by atoms with Crippen molar-refractivity contribution < 1.29 is 17.5 Å². The normalized spacial score (nSPS) is 15.7. The molecule has 3 rings (SSSR count). The second-order valence-electron chi connectivity index (χ2n) is 6.36. The van der Waals surface area contributed by atoms with Crippen LogP contribution in [-0.4, -0.2) is 59.7 Å².